The first kappa shape index (κ1) is 21.0. The van der Waals surface area contributed by atoms with Gasteiger partial charge in [-0.15, -0.1) is 0 Å². The third-order valence-electron chi connectivity index (χ3n) is 3.79. The number of nitrogens with zero attached hydrogens (tertiary/aromatic N) is 2. The van der Waals surface area contributed by atoms with E-state index in [0.29, 0.717) is 17.3 Å². The number of hydrogen-bond donors (Lipinski definition) is 1. The van der Waals surface area contributed by atoms with Crippen LogP contribution in [0.3, 0.4) is 0 Å². The fourth-order valence-electron chi connectivity index (χ4n) is 2.52. The lowest BCUT2D eigenvalue weighted by Gasteiger charge is -2.14. The predicted octanol–water partition coefficient (Wildman–Crippen LogP) is 2.72. The van der Waals surface area contributed by atoms with E-state index >= 15 is 0 Å². The summed E-state index contributed by atoms with van der Waals surface area (Å²) in [5.41, 5.74) is 0.108. The standard InChI is InChI=1S/C17H17F3N2O4S/c1-26-16(23)8-12-5-3-2-4-11(12)6-7-14-13(17(18,19)20)9-21-15(22-14)10-27(24)25/h2-5,9H,6-8,10H2,1H3,(H,24,25). The zero-order valence-electron chi connectivity index (χ0n) is 14.3. The van der Waals surface area contributed by atoms with E-state index in [1.807, 2.05) is 0 Å². The third-order valence-corrected chi connectivity index (χ3v) is 4.29. The van der Waals surface area contributed by atoms with Crippen molar-refractivity contribution in [2.75, 3.05) is 7.11 Å². The summed E-state index contributed by atoms with van der Waals surface area (Å²) in [6.45, 7) is 0. The lowest BCUT2D eigenvalue weighted by Crippen LogP contribution is -2.15. The monoisotopic (exact) mass is 402 g/mol. The molecule has 0 spiro atoms. The van der Waals surface area contributed by atoms with E-state index in [9.17, 15) is 22.2 Å². The predicted molar refractivity (Wildman–Crippen MR) is 91.1 cm³/mol. The van der Waals surface area contributed by atoms with Crippen LogP contribution >= 0.6 is 0 Å². The Morgan fingerprint density at radius 1 is 1.22 bits per heavy atom. The van der Waals surface area contributed by atoms with E-state index in [-0.39, 0.29) is 30.8 Å². The van der Waals surface area contributed by atoms with Crippen molar-refractivity contribution >= 4 is 17.0 Å². The number of rotatable bonds is 7. The van der Waals surface area contributed by atoms with Crippen LogP contribution in [0.2, 0.25) is 0 Å². The van der Waals surface area contributed by atoms with Crippen LogP contribution in [0.1, 0.15) is 28.2 Å². The van der Waals surface area contributed by atoms with E-state index in [1.54, 1.807) is 24.3 Å². The zero-order chi connectivity index (χ0) is 20.0. The molecule has 27 heavy (non-hydrogen) atoms. The minimum atomic E-state index is -4.64. The van der Waals surface area contributed by atoms with Crippen LogP contribution in [0.4, 0.5) is 13.2 Å². The largest absolute Gasteiger partial charge is 0.469 e. The highest BCUT2D eigenvalue weighted by Gasteiger charge is 2.34. The van der Waals surface area contributed by atoms with Gasteiger partial charge in [-0.2, -0.15) is 13.2 Å². The fourth-order valence-corrected chi connectivity index (χ4v) is 2.88. The molecule has 2 rings (SSSR count). The number of aromatic nitrogens is 2. The van der Waals surface area contributed by atoms with Crippen molar-refractivity contribution in [1.82, 2.24) is 9.97 Å². The number of aryl methyl sites for hydroxylation is 2. The maximum Gasteiger partial charge on any atom is 0.419 e. The molecular weight excluding hydrogens is 385 g/mol. The van der Waals surface area contributed by atoms with Crippen molar-refractivity contribution in [3.63, 3.8) is 0 Å². The van der Waals surface area contributed by atoms with Crippen LogP contribution in [-0.2, 0) is 51.8 Å². The van der Waals surface area contributed by atoms with Crippen molar-refractivity contribution < 1.29 is 31.5 Å². The molecule has 0 bridgehead atoms. The summed E-state index contributed by atoms with van der Waals surface area (Å²) in [4.78, 5) is 18.8. The van der Waals surface area contributed by atoms with Gasteiger partial charge in [0.05, 0.1) is 24.8 Å². The smallest absolute Gasteiger partial charge is 0.419 e. The van der Waals surface area contributed by atoms with Crippen molar-refractivity contribution in [2.45, 2.75) is 31.2 Å². The summed E-state index contributed by atoms with van der Waals surface area (Å²) >= 11 is -2.26. The SMILES string of the molecule is COC(=O)Cc1ccccc1CCc1nc(CS(=O)O)ncc1C(F)(F)F. The summed E-state index contributed by atoms with van der Waals surface area (Å²) in [5, 5.41) is 0. The summed E-state index contributed by atoms with van der Waals surface area (Å²) in [7, 11) is 1.26. The molecule has 1 unspecified atom stereocenters. The first-order valence-corrected chi connectivity index (χ1v) is 9.11. The molecule has 6 nitrogen and oxygen atoms in total. The molecule has 0 saturated carbocycles. The van der Waals surface area contributed by atoms with Gasteiger partial charge in [-0.05, 0) is 24.0 Å². The van der Waals surface area contributed by atoms with Gasteiger partial charge in [-0.1, -0.05) is 24.3 Å². The van der Waals surface area contributed by atoms with Crippen molar-refractivity contribution in [2.24, 2.45) is 0 Å². The summed E-state index contributed by atoms with van der Waals surface area (Å²) in [6, 6.07) is 6.87. The fraction of sp³-hybridized carbons (Fsp3) is 0.353. The van der Waals surface area contributed by atoms with Crippen molar-refractivity contribution in [3.8, 4) is 0 Å². The molecule has 1 aromatic carbocycles. The molecule has 0 amide bonds. The lowest BCUT2D eigenvalue weighted by atomic mass is 9.98. The maximum absolute atomic E-state index is 13.2. The number of methoxy groups -OCH3 is 1. The second-order valence-corrected chi connectivity index (χ2v) is 6.56. The van der Waals surface area contributed by atoms with Crippen LogP contribution in [0, 0.1) is 0 Å². The van der Waals surface area contributed by atoms with Crippen LogP contribution in [0.5, 0.6) is 0 Å². The van der Waals surface area contributed by atoms with E-state index < -0.39 is 34.5 Å². The molecule has 146 valence electrons. The quantitative estimate of drug-likeness (QED) is 0.566. The Bertz CT molecular complexity index is 843. The molecule has 0 aliphatic rings. The maximum atomic E-state index is 13.2. The molecule has 0 aliphatic carbocycles. The van der Waals surface area contributed by atoms with Gasteiger partial charge in [0.1, 0.15) is 11.6 Å². The minimum Gasteiger partial charge on any atom is -0.469 e. The summed E-state index contributed by atoms with van der Waals surface area (Å²) in [6.07, 6.45) is -3.87. The highest BCUT2D eigenvalue weighted by molar-refractivity contribution is 7.78. The molecule has 1 heterocycles. The first-order valence-electron chi connectivity index (χ1n) is 7.83. The van der Waals surface area contributed by atoms with Crippen LogP contribution in [0.15, 0.2) is 30.5 Å². The number of carbonyl (C=O) groups excluding carboxylic acids is 1. The number of alkyl halides is 3. The molecule has 0 fully saturated rings. The minimum absolute atomic E-state index is 0.0112. The van der Waals surface area contributed by atoms with Gasteiger partial charge in [0.15, 0.2) is 11.1 Å². The van der Waals surface area contributed by atoms with Gasteiger partial charge in [0.25, 0.3) is 0 Å². The van der Waals surface area contributed by atoms with Gasteiger partial charge in [-0.3, -0.25) is 4.79 Å². The van der Waals surface area contributed by atoms with Crippen molar-refractivity contribution in [3.05, 3.63) is 58.7 Å². The van der Waals surface area contributed by atoms with Gasteiger partial charge in [-0.25, -0.2) is 14.2 Å². The van der Waals surface area contributed by atoms with E-state index in [0.717, 1.165) is 0 Å². The Hall–Kier alpha value is -2.33. The van der Waals surface area contributed by atoms with E-state index in [4.69, 9.17) is 4.55 Å². The molecule has 2 aromatic rings. The Morgan fingerprint density at radius 2 is 1.89 bits per heavy atom. The van der Waals surface area contributed by atoms with Crippen LogP contribution in [-0.4, -0.2) is 31.8 Å². The topological polar surface area (TPSA) is 89.4 Å². The van der Waals surface area contributed by atoms with Gasteiger partial charge in [0.2, 0.25) is 0 Å². The molecule has 0 saturated heterocycles. The number of esters is 1. The third kappa shape index (κ3) is 6.10. The zero-order valence-corrected chi connectivity index (χ0v) is 15.1. The molecule has 1 atom stereocenters. The molecular formula is C17H17F3N2O4S. The van der Waals surface area contributed by atoms with Gasteiger partial charge in [0, 0.05) is 6.20 Å². The van der Waals surface area contributed by atoms with Crippen LogP contribution < -0.4 is 0 Å². The van der Waals surface area contributed by atoms with E-state index in [2.05, 4.69) is 14.7 Å². The number of hydrogen-bond acceptors (Lipinski definition) is 5. The highest BCUT2D eigenvalue weighted by atomic mass is 32.2. The molecule has 0 radical (unpaired) electrons. The Balaban J connectivity index is 2.28. The van der Waals surface area contributed by atoms with E-state index in [1.165, 1.54) is 7.11 Å². The second kappa shape index (κ2) is 9.05. The molecule has 1 aromatic heterocycles. The highest BCUT2D eigenvalue weighted by Crippen LogP contribution is 2.31. The van der Waals surface area contributed by atoms with Gasteiger partial charge < -0.3 is 9.29 Å². The van der Waals surface area contributed by atoms with Crippen LogP contribution in [0.25, 0.3) is 0 Å². The number of carbonyl (C=O) groups is 1. The first-order chi connectivity index (χ1) is 12.7. The normalized spacial score (nSPS) is 12.6. The molecule has 1 N–H and O–H groups in total. The average molecular weight is 402 g/mol. The Kier molecular flexibility index (Phi) is 7.03. The Morgan fingerprint density at radius 3 is 2.48 bits per heavy atom. The van der Waals surface area contributed by atoms with Gasteiger partial charge >= 0.3 is 12.1 Å². The average Bonchev–Trinajstić information content (AvgIpc) is 2.59. The number of halogens is 3. The number of benzene rings is 1. The summed E-state index contributed by atoms with van der Waals surface area (Å²) < 4.78 is 64.1. The molecule has 0 aliphatic heterocycles. The lowest BCUT2D eigenvalue weighted by molar-refractivity contribution is -0.140. The van der Waals surface area contributed by atoms with Crippen molar-refractivity contribution in [1.29, 1.82) is 0 Å². The Labute approximate surface area is 156 Å². The summed E-state index contributed by atoms with van der Waals surface area (Å²) in [5.74, 6) is -1.04. The molecule has 10 heteroatoms. The second-order valence-electron chi connectivity index (χ2n) is 5.63. The number of ether oxygens (including phenoxy) is 1.